The second-order valence-electron chi connectivity index (χ2n) is 8.02. The topological polar surface area (TPSA) is 57.8 Å². The summed E-state index contributed by atoms with van der Waals surface area (Å²) in [5, 5.41) is 4.30. The molecule has 0 amide bonds. The number of nitrogens with zero attached hydrogens (tertiary/aromatic N) is 5. The fraction of sp³-hybridized carbons (Fsp3) is 0.375. The van der Waals surface area contributed by atoms with Crippen molar-refractivity contribution in [3.8, 4) is 22.7 Å². The van der Waals surface area contributed by atoms with E-state index in [4.69, 9.17) is 14.7 Å². The summed E-state index contributed by atoms with van der Waals surface area (Å²) in [6, 6.07) is 7.95. The average molecular weight is 404 g/mol. The van der Waals surface area contributed by atoms with Crippen LogP contribution in [0.5, 0.6) is 5.75 Å². The van der Waals surface area contributed by atoms with Crippen LogP contribution in [0.25, 0.3) is 28.1 Å². The fourth-order valence-corrected chi connectivity index (χ4v) is 4.08. The van der Waals surface area contributed by atoms with Crippen molar-refractivity contribution >= 4 is 11.2 Å². The van der Waals surface area contributed by atoms with E-state index in [9.17, 15) is 0 Å². The van der Waals surface area contributed by atoms with E-state index >= 15 is 0 Å². The third-order valence-electron chi connectivity index (χ3n) is 5.55. The molecule has 3 aromatic heterocycles. The minimum absolute atomic E-state index is 0.613. The minimum Gasteiger partial charge on any atom is -0.496 e. The van der Waals surface area contributed by atoms with Crippen LogP contribution in [0.1, 0.15) is 37.9 Å². The normalized spacial score (nSPS) is 12.4. The molecule has 3 heterocycles. The lowest BCUT2D eigenvalue weighted by molar-refractivity contribution is 0.416. The van der Waals surface area contributed by atoms with E-state index in [0.717, 1.165) is 51.7 Å². The van der Waals surface area contributed by atoms with E-state index in [2.05, 4.69) is 36.6 Å². The molecule has 0 aliphatic rings. The van der Waals surface area contributed by atoms with E-state index in [1.165, 1.54) is 12.8 Å². The summed E-state index contributed by atoms with van der Waals surface area (Å²) >= 11 is 0. The zero-order chi connectivity index (χ0) is 21.3. The smallest absolute Gasteiger partial charge is 0.159 e. The van der Waals surface area contributed by atoms with Crippen LogP contribution >= 0.6 is 0 Å². The number of methoxy groups -OCH3 is 1. The first kappa shape index (κ1) is 20.1. The van der Waals surface area contributed by atoms with Gasteiger partial charge in [-0.25, -0.2) is 14.6 Å². The summed E-state index contributed by atoms with van der Waals surface area (Å²) in [6.45, 7) is 9.62. The van der Waals surface area contributed by atoms with E-state index in [1.807, 2.05) is 42.1 Å². The maximum absolute atomic E-state index is 5.71. The van der Waals surface area contributed by atoms with Crippen molar-refractivity contribution in [2.75, 3.05) is 7.11 Å². The van der Waals surface area contributed by atoms with Crippen molar-refractivity contribution in [3.05, 3.63) is 54.1 Å². The Balaban J connectivity index is 1.78. The van der Waals surface area contributed by atoms with Crippen molar-refractivity contribution in [1.29, 1.82) is 0 Å². The van der Waals surface area contributed by atoms with Crippen LogP contribution in [-0.4, -0.2) is 31.4 Å². The molecule has 0 saturated carbocycles. The van der Waals surface area contributed by atoms with Gasteiger partial charge in [0.2, 0.25) is 0 Å². The van der Waals surface area contributed by atoms with Crippen LogP contribution in [0.15, 0.2) is 42.9 Å². The van der Waals surface area contributed by atoms with Crippen LogP contribution in [0.3, 0.4) is 0 Å². The molecule has 4 rings (SSSR count). The Morgan fingerprint density at radius 3 is 2.70 bits per heavy atom. The second kappa shape index (κ2) is 8.30. The summed E-state index contributed by atoms with van der Waals surface area (Å²) in [7, 11) is 1.68. The largest absolute Gasteiger partial charge is 0.496 e. The molecule has 1 unspecified atom stereocenters. The van der Waals surface area contributed by atoms with Gasteiger partial charge in [0.1, 0.15) is 11.3 Å². The summed E-state index contributed by atoms with van der Waals surface area (Å²) in [5.74, 6) is 1.37. The molecule has 0 fully saturated rings. The molecule has 6 heteroatoms. The predicted molar refractivity (Wildman–Crippen MR) is 120 cm³/mol. The van der Waals surface area contributed by atoms with Gasteiger partial charge in [0.05, 0.1) is 24.2 Å². The van der Waals surface area contributed by atoms with Crippen LogP contribution in [-0.2, 0) is 6.54 Å². The summed E-state index contributed by atoms with van der Waals surface area (Å²) in [6.07, 6.45) is 8.26. The highest BCUT2D eigenvalue weighted by Gasteiger charge is 2.18. The van der Waals surface area contributed by atoms with Gasteiger partial charge in [0, 0.05) is 36.8 Å². The van der Waals surface area contributed by atoms with Gasteiger partial charge in [-0.1, -0.05) is 20.3 Å². The monoisotopic (exact) mass is 403 g/mol. The number of hydrogen-bond donors (Lipinski definition) is 0. The summed E-state index contributed by atoms with van der Waals surface area (Å²) in [5.41, 5.74) is 6.70. The van der Waals surface area contributed by atoms with Crippen LogP contribution in [0.4, 0.5) is 0 Å². The van der Waals surface area contributed by atoms with Gasteiger partial charge in [-0.2, -0.15) is 5.10 Å². The van der Waals surface area contributed by atoms with E-state index in [1.54, 1.807) is 13.3 Å². The number of aryl methyl sites for hydroxylation is 2. The van der Waals surface area contributed by atoms with Crippen LogP contribution in [0.2, 0.25) is 0 Å². The molecule has 0 aliphatic heterocycles. The fourth-order valence-electron chi connectivity index (χ4n) is 4.08. The highest BCUT2D eigenvalue weighted by molar-refractivity contribution is 5.81. The maximum atomic E-state index is 5.71. The van der Waals surface area contributed by atoms with Crippen molar-refractivity contribution in [1.82, 2.24) is 24.3 Å². The SMILES string of the molecule is CCCC(C)Cn1cc(C)c2nc(-c3ccc(-n4cccn4)cc3OC)c(C)nc21. The Hall–Kier alpha value is -3.15. The molecule has 4 aromatic rings. The predicted octanol–water partition coefficient (Wildman–Crippen LogP) is 5.35. The average Bonchev–Trinajstić information content (AvgIpc) is 3.36. The van der Waals surface area contributed by atoms with Crippen LogP contribution < -0.4 is 4.74 Å². The van der Waals surface area contributed by atoms with Gasteiger partial charge < -0.3 is 9.30 Å². The molecule has 0 N–H and O–H groups in total. The van der Waals surface area contributed by atoms with Gasteiger partial charge in [-0.05, 0) is 49.9 Å². The van der Waals surface area contributed by atoms with Gasteiger partial charge in [0.15, 0.2) is 5.65 Å². The summed E-state index contributed by atoms with van der Waals surface area (Å²) < 4.78 is 9.78. The molecule has 0 aliphatic carbocycles. The lowest BCUT2D eigenvalue weighted by Crippen LogP contribution is -2.08. The first-order valence-electron chi connectivity index (χ1n) is 10.5. The highest BCUT2D eigenvalue weighted by atomic mass is 16.5. The summed E-state index contributed by atoms with van der Waals surface area (Å²) in [4.78, 5) is 9.99. The first-order valence-corrected chi connectivity index (χ1v) is 10.5. The number of ether oxygens (including phenoxy) is 1. The Kier molecular flexibility index (Phi) is 5.57. The molecule has 0 radical (unpaired) electrons. The van der Waals surface area contributed by atoms with Crippen molar-refractivity contribution < 1.29 is 4.74 Å². The molecule has 30 heavy (non-hydrogen) atoms. The molecule has 156 valence electrons. The Labute approximate surface area is 177 Å². The van der Waals surface area contributed by atoms with Gasteiger partial charge in [0.25, 0.3) is 0 Å². The molecular formula is C24H29N5O. The van der Waals surface area contributed by atoms with Gasteiger partial charge in [-0.3, -0.25) is 0 Å². The van der Waals surface area contributed by atoms with E-state index in [0.29, 0.717) is 5.92 Å². The maximum Gasteiger partial charge on any atom is 0.159 e. The molecule has 0 bridgehead atoms. The number of rotatable bonds is 7. The van der Waals surface area contributed by atoms with Gasteiger partial charge >= 0.3 is 0 Å². The Morgan fingerprint density at radius 1 is 1.17 bits per heavy atom. The third-order valence-corrected chi connectivity index (χ3v) is 5.55. The zero-order valence-corrected chi connectivity index (χ0v) is 18.4. The Bertz CT molecular complexity index is 1160. The lowest BCUT2D eigenvalue weighted by Gasteiger charge is -2.14. The standard InChI is InChI=1S/C24H29N5O/c1-6-8-16(2)14-28-15-17(3)22-24(28)26-18(4)23(27-22)20-10-9-19(13-21(20)30-5)29-12-7-11-25-29/h7,9-13,15-16H,6,8,14H2,1-5H3. The third kappa shape index (κ3) is 3.70. The molecular weight excluding hydrogens is 374 g/mol. The number of benzene rings is 1. The number of hydrogen-bond acceptors (Lipinski definition) is 4. The van der Waals surface area contributed by atoms with Crippen LogP contribution in [0, 0.1) is 19.8 Å². The van der Waals surface area contributed by atoms with Crippen molar-refractivity contribution in [3.63, 3.8) is 0 Å². The van der Waals surface area contributed by atoms with Crippen molar-refractivity contribution in [2.24, 2.45) is 5.92 Å². The van der Waals surface area contributed by atoms with Gasteiger partial charge in [-0.15, -0.1) is 0 Å². The number of aromatic nitrogens is 5. The quantitative estimate of drug-likeness (QED) is 0.418. The molecule has 1 atom stereocenters. The highest BCUT2D eigenvalue weighted by Crippen LogP contribution is 2.34. The zero-order valence-electron chi connectivity index (χ0n) is 18.4. The molecule has 6 nitrogen and oxygen atoms in total. The minimum atomic E-state index is 0.613. The molecule has 0 spiro atoms. The second-order valence-corrected chi connectivity index (χ2v) is 8.02. The number of fused-ring (bicyclic) bond motifs is 1. The molecule has 1 aromatic carbocycles. The molecule has 0 saturated heterocycles. The van der Waals surface area contributed by atoms with Crippen molar-refractivity contribution in [2.45, 2.75) is 47.1 Å². The first-order chi connectivity index (χ1) is 14.5. The lowest BCUT2D eigenvalue weighted by atomic mass is 10.1. The van der Waals surface area contributed by atoms with E-state index < -0.39 is 0 Å². The van der Waals surface area contributed by atoms with E-state index in [-0.39, 0.29) is 0 Å². The Morgan fingerprint density at radius 2 is 2.00 bits per heavy atom.